The van der Waals surface area contributed by atoms with Crippen molar-refractivity contribution in [3.05, 3.63) is 29.3 Å². The number of nitrogens with one attached hydrogen (secondary N) is 2. The molecule has 0 unspecified atom stereocenters. The normalized spacial score (nSPS) is 10.3. The summed E-state index contributed by atoms with van der Waals surface area (Å²) >= 11 is 5.78. The highest BCUT2D eigenvalue weighted by molar-refractivity contribution is 6.30. The Balaban J connectivity index is 2.18. The zero-order valence-electron chi connectivity index (χ0n) is 12.2. The van der Waals surface area contributed by atoms with Crippen LogP contribution in [0.1, 0.15) is 0 Å². The summed E-state index contributed by atoms with van der Waals surface area (Å²) in [4.78, 5) is 24.4. The minimum Gasteiger partial charge on any atom is -0.492 e. The SMILES string of the molecule is CNC(=O)CNC(=O)CN(C)CCOc1ccc(Cl)cc1. The monoisotopic (exact) mass is 313 g/mol. The molecule has 0 atom stereocenters. The van der Waals surface area contributed by atoms with E-state index in [9.17, 15) is 9.59 Å². The van der Waals surface area contributed by atoms with Gasteiger partial charge in [-0.05, 0) is 31.3 Å². The van der Waals surface area contributed by atoms with Crippen LogP contribution < -0.4 is 15.4 Å². The quantitative estimate of drug-likeness (QED) is 0.734. The van der Waals surface area contributed by atoms with Crippen molar-refractivity contribution < 1.29 is 14.3 Å². The molecule has 1 rings (SSSR count). The Kier molecular flexibility index (Phi) is 7.56. The molecule has 0 aliphatic rings. The number of likely N-dealkylation sites (N-methyl/N-ethyl adjacent to an activating group) is 2. The molecule has 21 heavy (non-hydrogen) atoms. The van der Waals surface area contributed by atoms with Crippen LogP contribution >= 0.6 is 11.6 Å². The Morgan fingerprint density at radius 2 is 1.90 bits per heavy atom. The summed E-state index contributed by atoms with van der Waals surface area (Å²) in [5.74, 6) is 0.307. The van der Waals surface area contributed by atoms with Gasteiger partial charge in [0.2, 0.25) is 11.8 Å². The van der Waals surface area contributed by atoms with E-state index in [2.05, 4.69) is 10.6 Å². The molecule has 0 saturated heterocycles. The zero-order chi connectivity index (χ0) is 15.7. The van der Waals surface area contributed by atoms with Crippen LogP contribution in [0.3, 0.4) is 0 Å². The first-order valence-corrected chi connectivity index (χ1v) is 6.93. The molecule has 0 spiro atoms. The average molecular weight is 314 g/mol. The third kappa shape index (κ3) is 7.53. The summed E-state index contributed by atoms with van der Waals surface area (Å²) in [5.41, 5.74) is 0. The summed E-state index contributed by atoms with van der Waals surface area (Å²) in [7, 11) is 3.33. The predicted molar refractivity (Wildman–Crippen MR) is 81.5 cm³/mol. The van der Waals surface area contributed by atoms with Crippen LogP contribution in [0.25, 0.3) is 0 Å². The number of benzene rings is 1. The van der Waals surface area contributed by atoms with Crippen LogP contribution in [0, 0.1) is 0 Å². The molecule has 2 amide bonds. The predicted octanol–water partition coefficient (Wildman–Crippen LogP) is 0.513. The van der Waals surface area contributed by atoms with Crippen molar-refractivity contribution in [1.29, 1.82) is 0 Å². The van der Waals surface area contributed by atoms with Crippen molar-refractivity contribution in [3.8, 4) is 5.75 Å². The molecular weight excluding hydrogens is 294 g/mol. The molecule has 2 N–H and O–H groups in total. The maximum atomic E-state index is 11.6. The van der Waals surface area contributed by atoms with E-state index in [0.29, 0.717) is 18.2 Å². The van der Waals surface area contributed by atoms with Gasteiger partial charge in [-0.25, -0.2) is 0 Å². The smallest absolute Gasteiger partial charge is 0.239 e. The van der Waals surface area contributed by atoms with Crippen molar-refractivity contribution in [3.63, 3.8) is 0 Å². The van der Waals surface area contributed by atoms with Gasteiger partial charge in [0.05, 0.1) is 13.1 Å². The molecule has 1 aromatic carbocycles. The Morgan fingerprint density at radius 3 is 2.52 bits per heavy atom. The van der Waals surface area contributed by atoms with Gasteiger partial charge in [0.15, 0.2) is 0 Å². The second kappa shape index (κ2) is 9.20. The summed E-state index contributed by atoms with van der Waals surface area (Å²) in [6.07, 6.45) is 0. The van der Waals surface area contributed by atoms with Crippen molar-refractivity contribution in [2.75, 3.05) is 40.3 Å². The first-order chi connectivity index (χ1) is 10.0. The van der Waals surface area contributed by atoms with E-state index in [1.165, 1.54) is 7.05 Å². The minimum absolute atomic E-state index is 0.00948. The molecule has 1 aromatic rings. The molecule has 7 heteroatoms. The van der Waals surface area contributed by atoms with Gasteiger partial charge in [-0.15, -0.1) is 0 Å². The van der Waals surface area contributed by atoms with Crippen LogP contribution in [0.5, 0.6) is 5.75 Å². The Hall–Kier alpha value is -1.79. The highest BCUT2D eigenvalue weighted by Gasteiger charge is 2.07. The highest BCUT2D eigenvalue weighted by Crippen LogP contribution is 2.15. The van der Waals surface area contributed by atoms with Crippen LogP contribution in [-0.4, -0.2) is 57.1 Å². The largest absolute Gasteiger partial charge is 0.492 e. The van der Waals surface area contributed by atoms with Gasteiger partial charge in [0, 0.05) is 18.6 Å². The molecule has 116 valence electrons. The summed E-state index contributed by atoms with van der Waals surface area (Å²) < 4.78 is 5.53. The van der Waals surface area contributed by atoms with Gasteiger partial charge in [0.1, 0.15) is 12.4 Å². The van der Waals surface area contributed by atoms with E-state index >= 15 is 0 Å². The number of hydrogen-bond acceptors (Lipinski definition) is 4. The summed E-state index contributed by atoms with van der Waals surface area (Å²) in [5, 5.41) is 5.62. The third-order valence-electron chi connectivity index (χ3n) is 2.69. The number of rotatable bonds is 8. The first kappa shape index (κ1) is 17.3. The lowest BCUT2D eigenvalue weighted by Gasteiger charge is -2.16. The Morgan fingerprint density at radius 1 is 1.24 bits per heavy atom. The molecule has 0 heterocycles. The lowest BCUT2D eigenvalue weighted by Crippen LogP contribution is -2.41. The molecule has 0 bridgehead atoms. The molecule has 0 aliphatic carbocycles. The molecule has 0 aromatic heterocycles. The van der Waals surface area contributed by atoms with Crippen LogP contribution in [0.2, 0.25) is 5.02 Å². The van der Waals surface area contributed by atoms with Crippen LogP contribution in [-0.2, 0) is 9.59 Å². The zero-order valence-corrected chi connectivity index (χ0v) is 12.9. The highest BCUT2D eigenvalue weighted by atomic mass is 35.5. The second-order valence-corrected chi connectivity index (χ2v) is 4.93. The van der Waals surface area contributed by atoms with E-state index in [-0.39, 0.29) is 24.9 Å². The number of hydrogen-bond donors (Lipinski definition) is 2. The number of carbonyl (C=O) groups is 2. The van der Waals surface area contributed by atoms with Crippen LogP contribution in [0.4, 0.5) is 0 Å². The second-order valence-electron chi connectivity index (χ2n) is 4.49. The topological polar surface area (TPSA) is 70.7 Å². The van der Waals surface area contributed by atoms with E-state index < -0.39 is 0 Å². The average Bonchev–Trinajstić information content (AvgIpc) is 2.46. The number of nitrogens with zero attached hydrogens (tertiary/aromatic N) is 1. The fourth-order valence-electron chi connectivity index (χ4n) is 1.50. The minimum atomic E-state index is -0.225. The van der Waals surface area contributed by atoms with Crippen molar-refractivity contribution in [2.45, 2.75) is 0 Å². The molecule has 6 nitrogen and oxygen atoms in total. The lowest BCUT2D eigenvalue weighted by atomic mass is 10.3. The molecular formula is C14H20ClN3O3. The van der Waals surface area contributed by atoms with Gasteiger partial charge in [-0.2, -0.15) is 0 Å². The summed E-state index contributed by atoms with van der Waals surface area (Å²) in [6.45, 7) is 1.25. The molecule has 0 aliphatic heterocycles. The van der Waals surface area contributed by atoms with Gasteiger partial charge in [-0.1, -0.05) is 11.6 Å². The number of carbonyl (C=O) groups excluding carboxylic acids is 2. The maximum absolute atomic E-state index is 11.6. The van der Waals surface area contributed by atoms with Crippen LogP contribution in [0.15, 0.2) is 24.3 Å². The van der Waals surface area contributed by atoms with E-state index in [1.807, 2.05) is 11.9 Å². The van der Waals surface area contributed by atoms with Gasteiger partial charge in [0.25, 0.3) is 0 Å². The first-order valence-electron chi connectivity index (χ1n) is 6.55. The van der Waals surface area contributed by atoms with Crippen molar-refractivity contribution in [1.82, 2.24) is 15.5 Å². The number of halogens is 1. The van der Waals surface area contributed by atoms with Crippen molar-refractivity contribution in [2.24, 2.45) is 0 Å². The maximum Gasteiger partial charge on any atom is 0.239 e. The standard InChI is InChI=1S/C14H20ClN3O3/c1-16-13(19)9-17-14(20)10-18(2)7-8-21-12-5-3-11(15)4-6-12/h3-6H,7-10H2,1-2H3,(H,16,19)(H,17,20). The van der Waals surface area contributed by atoms with E-state index in [4.69, 9.17) is 16.3 Å². The fourth-order valence-corrected chi connectivity index (χ4v) is 1.62. The molecule has 0 saturated carbocycles. The lowest BCUT2D eigenvalue weighted by molar-refractivity contribution is -0.126. The van der Waals surface area contributed by atoms with Gasteiger partial charge < -0.3 is 15.4 Å². The fraction of sp³-hybridized carbons (Fsp3) is 0.429. The van der Waals surface area contributed by atoms with Gasteiger partial charge in [-0.3, -0.25) is 14.5 Å². The Bertz CT molecular complexity index is 465. The third-order valence-corrected chi connectivity index (χ3v) is 2.95. The summed E-state index contributed by atoms with van der Waals surface area (Å²) in [6, 6.07) is 7.09. The molecule has 0 fully saturated rings. The number of amides is 2. The van der Waals surface area contributed by atoms with Crippen molar-refractivity contribution >= 4 is 23.4 Å². The van der Waals surface area contributed by atoms with Gasteiger partial charge >= 0.3 is 0 Å². The molecule has 0 radical (unpaired) electrons. The van der Waals surface area contributed by atoms with E-state index in [1.54, 1.807) is 24.3 Å². The van der Waals surface area contributed by atoms with E-state index in [0.717, 1.165) is 5.75 Å². The Labute approximate surface area is 129 Å². The number of ether oxygens (including phenoxy) is 1.